The van der Waals surface area contributed by atoms with Crippen LogP contribution in [0, 0.1) is 0 Å². The van der Waals surface area contributed by atoms with Crippen molar-refractivity contribution in [3.8, 4) is 0 Å². The fraction of sp³-hybridized carbons (Fsp3) is 1.00. The summed E-state index contributed by atoms with van der Waals surface area (Å²) in [7, 11) is -4.35. The van der Waals surface area contributed by atoms with Crippen LogP contribution in [0.2, 0.25) is 0 Å². The largest absolute Gasteiger partial charge is 0.471 e. The number of phosphoric ester groups is 1. The third-order valence-electron chi connectivity index (χ3n) is 0.283. The molecule has 0 rings (SSSR count). The standard InChI is InChI=1S/C2H6ClO4P/c1-2(3)7-8(4,5)6/h2H,1H3,(H2,4,5,6). The van der Waals surface area contributed by atoms with E-state index in [-0.39, 0.29) is 0 Å². The lowest BCUT2D eigenvalue weighted by molar-refractivity contribution is 0.187. The zero-order valence-electron chi connectivity index (χ0n) is 4.11. The maximum Gasteiger partial charge on any atom is 0.471 e. The van der Waals surface area contributed by atoms with Gasteiger partial charge >= 0.3 is 7.82 Å². The highest BCUT2D eigenvalue weighted by atomic mass is 35.5. The Hall–Kier alpha value is 0.400. The summed E-state index contributed by atoms with van der Waals surface area (Å²) in [5.74, 6) is 0. The molecular formula is C2H6ClO4P. The Morgan fingerprint density at radius 1 is 1.75 bits per heavy atom. The number of alkyl halides is 1. The van der Waals surface area contributed by atoms with Gasteiger partial charge in [0, 0.05) is 0 Å². The Morgan fingerprint density at radius 2 is 2.12 bits per heavy atom. The van der Waals surface area contributed by atoms with Gasteiger partial charge < -0.3 is 9.79 Å². The van der Waals surface area contributed by atoms with E-state index in [0.717, 1.165) is 0 Å². The van der Waals surface area contributed by atoms with Crippen LogP contribution in [-0.2, 0) is 9.09 Å². The van der Waals surface area contributed by atoms with E-state index in [0.29, 0.717) is 0 Å². The van der Waals surface area contributed by atoms with Crippen molar-refractivity contribution in [2.24, 2.45) is 0 Å². The molecule has 0 fully saturated rings. The van der Waals surface area contributed by atoms with Crippen LogP contribution in [0.3, 0.4) is 0 Å². The molecule has 6 heteroatoms. The highest BCUT2D eigenvalue weighted by Gasteiger charge is 2.16. The predicted octanol–water partition coefficient (Wildman–Crippen LogP) is 0.680. The van der Waals surface area contributed by atoms with Crippen molar-refractivity contribution in [2.75, 3.05) is 0 Å². The van der Waals surface area contributed by atoms with Crippen molar-refractivity contribution in [1.29, 1.82) is 0 Å². The summed E-state index contributed by atoms with van der Waals surface area (Å²) in [6, 6.07) is 0. The minimum Gasteiger partial charge on any atom is -0.303 e. The number of phosphoric acid groups is 1. The van der Waals surface area contributed by atoms with Crippen LogP contribution in [0.4, 0.5) is 0 Å². The van der Waals surface area contributed by atoms with Gasteiger partial charge in [0.2, 0.25) is 0 Å². The number of halogens is 1. The maximum absolute atomic E-state index is 9.83. The van der Waals surface area contributed by atoms with Crippen molar-refractivity contribution in [2.45, 2.75) is 12.5 Å². The molecule has 0 aliphatic rings. The summed E-state index contributed by atoms with van der Waals surface area (Å²) in [6.07, 6.45) is 0. The molecule has 0 amide bonds. The molecule has 50 valence electrons. The molecule has 0 saturated carbocycles. The minimum absolute atomic E-state index is 0.948. The van der Waals surface area contributed by atoms with Crippen LogP contribution in [0.5, 0.6) is 0 Å². The van der Waals surface area contributed by atoms with Gasteiger partial charge in [-0.1, -0.05) is 11.6 Å². The molecule has 8 heavy (non-hydrogen) atoms. The van der Waals surface area contributed by atoms with E-state index in [1.807, 2.05) is 0 Å². The second kappa shape index (κ2) is 2.80. The molecule has 0 aromatic rings. The van der Waals surface area contributed by atoms with Gasteiger partial charge in [0.15, 0.2) is 0 Å². The lowest BCUT2D eigenvalue weighted by Gasteiger charge is -2.04. The second-order valence-electron chi connectivity index (χ2n) is 1.14. The summed E-state index contributed by atoms with van der Waals surface area (Å²) >= 11 is 5.05. The fourth-order valence-electron chi connectivity index (χ4n) is 0.189. The van der Waals surface area contributed by atoms with Crippen LogP contribution in [-0.4, -0.2) is 15.3 Å². The monoisotopic (exact) mass is 160 g/mol. The van der Waals surface area contributed by atoms with E-state index >= 15 is 0 Å². The van der Waals surface area contributed by atoms with E-state index in [2.05, 4.69) is 4.52 Å². The molecule has 0 heterocycles. The van der Waals surface area contributed by atoms with Crippen LogP contribution >= 0.6 is 19.4 Å². The number of hydrogen-bond acceptors (Lipinski definition) is 2. The normalized spacial score (nSPS) is 16.0. The van der Waals surface area contributed by atoms with Gasteiger partial charge in [0.1, 0.15) is 5.56 Å². The Balaban J connectivity index is 3.56. The first-order chi connectivity index (χ1) is 3.42. The third kappa shape index (κ3) is 6.40. The highest BCUT2D eigenvalue weighted by molar-refractivity contribution is 7.46. The maximum atomic E-state index is 9.83. The number of hydrogen-bond donors (Lipinski definition) is 2. The van der Waals surface area contributed by atoms with Gasteiger partial charge in [-0.05, 0) is 6.92 Å². The summed E-state index contributed by atoms with van der Waals surface area (Å²) in [5, 5.41) is 0. The Labute approximate surface area is 51.7 Å². The average Bonchev–Trinajstić information content (AvgIpc) is 1.21. The Kier molecular flexibility index (Phi) is 2.94. The first kappa shape index (κ1) is 8.40. The minimum atomic E-state index is -4.35. The molecule has 1 atom stereocenters. The molecule has 4 nitrogen and oxygen atoms in total. The molecule has 0 bridgehead atoms. The topological polar surface area (TPSA) is 66.8 Å². The molecule has 0 aromatic carbocycles. The van der Waals surface area contributed by atoms with Crippen LogP contribution in [0.15, 0.2) is 0 Å². The molecule has 1 unspecified atom stereocenters. The lowest BCUT2D eigenvalue weighted by atomic mass is 10.9. The lowest BCUT2D eigenvalue weighted by Crippen LogP contribution is -1.95. The summed E-state index contributed by atoms with van der Waals surface area (Å²) in [6.45, 7) is 1.32. The van der Waals surface area contributed by atoms with E-state index in [1.54, 1.807) is 0 Å². The highest BCUT2D eigenvalue weighted by Crippen LogP contribution is 2.38. The van der Waals surface area contributed by atoms with Crippen LogP contribution in [0.25, 0.3) is 0 Å². The third-order valence-corrected chi connectivity index (χ3v) is 1.09. The summed E-state index contributed by atoms with van der Waals surface area (Å²) in [5.41, 5.74) is -0.948. The van der Waals surface area contributed by atoms with Gasteiger partial charge in [0.05, 0.1) is 0 Å². The van der Waals surface area contributed by atoms with Gasteiger partial charge in [-0.25, -0.2) is 4.57 Å². The van der Waals surface area contributed by atoms with Gasteiger partial charge in [-0.2, -0.15) is 0 Å². The van der Waals surface area contributed by atoms with Crippen molar-refractivity contribution < 1.29 is 18.9 Å². The van der Waals surface area contributed by atoms with Crippen molar-refractivity contribution in [1.82, 2.24) is 0 Å². The number of rotatable bonds is 2. The first-order valence-corrected chi connectivity index (χ1v) is 3.76. The zero-order valence-corrected chi connectivity index (χ0v) is 5.76. The Morgan fingerprint density at radius 3 is 2.12 bits per heavy atom. The van der Waals surface area contributed by atoms with E-state index in [4.69, 9.17) is 21.4 Å². The molecule has 0 spiro atoms. The first-order valence-electron chi connectivity index (χ1n) is 1.80. The van der Waals surface area contributed by atoms with E-state index in [9.17, 15) is 4.57 Å². The van der Waals surface area contributed by atoms with E-state index < -0.39 is 13.4 Å². The van der Waals surface area contributed by atoms with Gasteiger partial charge in [-0.15, -0.1) is 0 Å². The smallest absolute Gasteiger partial charge is 0.303 e. The summed E-state index contributed by atoms with van der Waals surface area (Å²) < 4.78 is 13.7. The van der Waals surface area contributed by atoms with Crippen molar-refractivity contribution in [3.05, 3.63) is 0 Å². The molecule has 0 aliphatic heterocycles. The van der Waals surface area contributed by atoms with Crippen molar-refractivity contribution in [3.63, 3.8) is 0 Å². The van der Waals surface area contributed by atoms with E-state index in [1.165, 1.54) is 6.92 Å². The predicted molar refractivity (Wildman–Crippen MR) is 28.4 cm³/mol. The van der Waals surface area contributed by atoms with Crippen LogP contribution in [0.1, 0.15) is 6.92 Å². The summed E-state index contributed by atoms with van der Waals surface area (Å²) in [4.78, 5) is 16.0. The second-order valence-corrected chi connectivity index (χ2v) is 2.95. The molecule has 0 aliphatic carbocycles. The zero-order chi connectivity index (χ0) is 6.78. The molecular weight excluding hydrogens is 154 g/mol. The quantitative estimate of drug-likeness (QED) is 0.461. The fourth-order valence-corrected chi connectivity index (χ4v) is 0.879. The Bertz CT molecular complexity index is 107. The molecule has 0 radical (unpaired) electrons. The molecule has 2 N–H and O–H groups in total. The van der Waals surface area contributed by atoms with Gasteiger partial charge in [0.25, 0.3) is 0 Å². The van der Waals surface area contributed by atoms with Crippen molar-refractivity contribution >= 4 is 19.4 Å². The average molecular weight is 160 g/mol. The SMILES string of the molecule is CC(Cl)OP(=O)(O)O. The van der Waals surface area contributed by atoms with Crippen LogP contribution < -0.4 is 0 Å². The van der Waals surface area contributed by atoms with Gasteiger partial charge in [-0.3, -0.25) is 4.52 Å². The molecule has 0 saturated heterocycles. The molecule has 0 aromatic heterocycles.